The first-order valence-corrected chi connectivity index (χ1v) is 5.36. The molecule has 0 unspecified atom stereocenters. The van der Waals surface area contributed by atoms with Gasteiger partial charge < -0.3 is 10.7 Å². The topological polar surface area (TPSA) is 71.2 Å². The third kappa shape index (κ3) is 1.45. The molecule has 0 aliphatic carbocycles. The van der Waals surface area contributed by atoms with Gasteiger partial charge in [-0.15, -0.1) is 0 Å². The number of nitrogens with one attached hydrogen (secondary N) is 1. The van der Waals surface area contributed by atoms with Gasteiger partial charge in [0.05, 0.1) is 6.54 Å². The number of carbonyl (C=O) groups is 1. The lowest BCUT2D eigenvalue weighted by atomic mass is 9.99. The van der Waals surface area contributed by atoms with Crippen LogP contribution in [0, 0.1) is 0 Å². The van der Waals surface area contributed by atoms with E-state index in [9.17, 15) is 4.79 Å². The summed E-state index contributed by atoms with van der Waals surface area (Å²) in [6.07, 6.45) is 3.66. The number of aromatic amines is 1. The van der Waals surface area contributed by atoms with Gasteiger partial charge in [-0.1, -0.05) is 24.3 Å². The monoisotopic (exact) mass is 225 g/mol. The summed E-state index contributed by atoms with van der Waals surface area (Å²) in [5.74, 6) is -0.444. The third-order valence-electron chi connectivity index (χ3n) is 2.96. The van der Waals surface area contributed by atoms with E-state index < -0.39 is 5.91 Å². The number of H-pyrrole nitrogens is 1. The minimum absolute atomic E-state index is 0.444. The van der Waals surface area contributed by atoms with Crippen LogP contribution in [0.1, 0.15) is 21.6 Å². The smallest absolute Gasteiger partial charge is 0.265 e. The number of fused-ring (bicyclic) bond motifs is 3. The van der Waals surface area contributed by atoms with Gasteiger partial charge in [-0.05, 0) is 5.56 Å². The van der Waals surface area contributed by atoms with Crippen LogP contribution in [0.2, 0.25) is 0 Å². The van der Waals surface area contributed by atoms with Crippen molar-refractivity contribution in [3.63, 3.8) is 0 Å². The molecule has 1 aliphatic heterocycles. The zero-order valence-electron chi connectivity index (χ0n) is 9.10. The maximum atomic E-state index is 11.3. The van der Waals surface area contributed by atoms with Crippen LogP contribution in [0.5, 0.6) is 0 Å². The minimum atomic E-state index is -0.444. The maximum Gasteiger partial charge on any atom is 0.265 e. The molecular weight excluding hydrogens is 214 g/mol. The summed E-state index contributed by atoms with van der Waals surface area (Å²) in [5, 5.41) is 0. The minimum Gasteiger partial charge on any atom is -0.364 e. The van der Waals surface area contributed by atoms with E-state index in [0.717, 1.165) is 22.3 Å². The number of carbonyl (C=O) groups excluding carboxylic acids is 1. The fourth-order valence-corrected chi connectivity index (χ4v) is 2.17. The van der Waals surface area contributed by atoms with Gasteiger partial charge in [0.1, 0.15) is 5.69 Å². The van der Waals surface area contributed by atoms with Crippen molar-refractivity contribution in [3.05, 3.63) is 47.3 Å². The highest BCUT2D eigenvalue weighted by molar-refractivity contribution is 5.98. The predicted octanol–water partition coefficient (Wildman–Crippen LogP) is 1.71. The number of benzene rings is 1. The molecule has 2 heterocycles. The van der Waals surface area contributed by atoms with Crippen molar-refractivity contribution in [1.29, 1.82) is 0 Å². The van der Waals surface area contributed by atoms with Crippen molar-refractivity contribution in [2.75, 3.05) is 0 Å². The number of amides is 1. The predicted molar refractivity (Wildman–Crippen MR) is 66.0 cm³/mol. The summed E-state index contributed by atoms with van der Waals surface area (Å²) >= 11 is 0. The van der Waals surface area contributed by atoms with Gasteiger partial charge in [-0.25, -0.2) is 0 Å². The molecule has 1 aromatic carbocycles. The van der Waals surface area contributed by atoms with Crippen molar-refractivity contribution in [3.8, 4) is 11.1 Å². The van der Waals surface area contributed by atoms with Crippen LogP contribution in [0.15, 0.2) is 35.5 Å². The van der Waals surface area contributed by atoms with Crippen LogP contribution < -0.4 is 5.73 Å². The highest BCUT2D eigenvalue weighted by Gasteiger charge is 2.19. The molecule has 0 saturated carbocycles. The van der Waals surface area contributed by atoms with E-state index >= 15 is 0 Å². The summed E-state index contributed by atoms with van der Waals surface area (Å²) in [5.41, 5.74) is 9.80. The lowest BCUT2D eigenvalue weighted by molar-refractivity contribution is 0.0995. The molecule has 0 spiro atoms. The SMILES string of the molecule is NC(=O)c1[nH]cc2c1CN=Cc1ccccc1-2. The van der Waals surface area contributed by atoms with E-state index in [4.69, 9.17) is 5.73 Å². The Labute approximate surface area is 98.2 Å². The first-order valence-electron chi connectivity index (χ1n) is 5.36. The Balaban J connectivity index is 2.28. The van der Waals surface area contributed by atoms with Crippen LogP contribution in [-0.4, -0.2) is 17.1 Å². The summed E-state index contributed by atoms with van der Waals surface area (Å²) in [4.78, 5) is 18.5. The van der Waals surface area contributed by atoms with Crippen LogP contribution in [0.3, 0.4) is 0 Å². The van der Waals surface area contributed by atoms with E-state index in [2.05, 4.69) is 9.98 Å². The quantitative estimate of drug-likeness (QED) is 0.762. The fraction of sp³-hybridized carbons (Fsp3) is 0.0769. The van der Waals surface area contributed by atoms with E-state index in [1.165, 1.54) is 0 Å². The molecule has 1 amide bonds. The van der Waals surface area contributed by atoms with Crippen LogP contribution in [0.25, 0.3) is 11.1 Å². The molecule has 0 atom stereocenters. The van der Waals surface area contributed by atoms with Gasteiger partial charge in [0.15, 0.2) is 0 Å². The molecule has 3 N–H and O–H groups in total. The van der Waals surface area contributed by atoms with Crippen molar-refractivity contribution in [1.82, 2.24) is 4.98 Å². The van der Waals surface area contributed by atoms with E-state index in [-0.39, 0.29) is 0 Å². The number of nitrogens with two attached hydrogens (primary N) is 1. The average Bonchev–Trinajstić information content (AvgIpc) is 2.66. The molecule has 1 aliphatic rings. The molecule has 4 nitrogen and oxygen atoms in total. The molecule has 0 fully saturated rings. The second-order valence-corrected chi connectivity index (χ2v) is 3.98. The third-order valence-corrected chi connectivity index (χ3v) is 2.96. The molecule has 2 aromatic rings. The Morgan fingerprint density at radius 3 is 2.94 bits per heavy atom. The highest BCUT2D eigenvalue weighted by Crippen LogP contribution is 2.31. The molecule has 84 valence electrons. The molecular formula is C13H11N3O. The number of aromatic nitrogens is 1. The summed E-state index contributed by atoms with van der Waals surface area (Å²) < 4.78 is 0. The number of hydrogen-bond acceptors (Lipinski definition) is 2. The first kappa shape index (κ1) is 9.84. The average molecular weight is 225 g/mol. The highest BCUT2D eigenvalue weighted by atomic mass is 16.1. The molecule has 17 heavy (non-hydrogen) atoms. The Kier molecular flexibility index (Phi) is 2.08. The molecule has 4 heteroatoms. The molecule has 1 aromatic heterocycles. The lowest BCUT2D eigenvalue weighted by Crippen LogP contribution is -2.13. The standard InChI is InChI=1S/C13H11N3O/c14-13(17)12-11-6-15-5-8-3-1-2-4-9(8)10(11)7-16-12/h1-5,7,16H,6H2,(H2,14,17). The zero-order chi connectivity index (χ0) is 11.8. The Morgan fingerprint density at radius 1 is 1.29 bits per heavy atom. The second kappa shape index (κ2) is 3.59. The summed E-state index contributed by atoms with van der Waals surface area (Å²) in [6, 6.07) is 7.96. The fourth-order valence-electron chi connectivity index (χ4n) is 2.17. The van der Waals surface area contributed by atoms with E-state index in [1.807, 2.05) is 36.7 Å². The van der Waals surface area contributed by atoms with Crippen LogP contribution in [-0.2, 0) is 6.54 Å². The van der Waals surface area contributed by atoms with Crippen molar-refractivity contribution < 1.29 is 4.79 Å². The number of rotatable bonds is 1. The van der Waals surface area contributed by atoms with Crippen molar-refractivity contribution in [2.24, 2.45) is 10.7 Å². The largest absolute Gasteiger partial charge is 0.364 e. The van der Waals surface area contributed by atoms with Gasteiger partial charge in [0.2, 0.25) is 0 Å². The Bertz CT molecular complexity index is 625. The van der Waals surface area contributed by atoms with Crippen molar-refractivity contribution in [2.45, 2.75) is 6.54 Å². The van der Waals surface area contributed by atoms with Crippen molar-refractivity contribution >= 4 is 12.1 Å². The first-order chi connectivity index (χ1) is 8.27. The van der Waals surface area contributed by atoms with E-state index in [0.29, 0.717) is 12.2 Å². The van der Waals surface area contributed by atoms with Gasteiger partial charge >= 0.3 is 0 Å². The lowest BCUT2D eigenvalue weighted by Gasteiger charge is -2.03. The van der Waals surface area contributed by atoms with Gasteiger partial charge in [0, 0.05) is 29.1 Å². The normalized spacial score (nSPS) is 12.7. The summed E-state index contributed by atoms with van der Waals surface area (Å²) in [7, 11) is 0. The summed E-state index contributed by atoms with van der Waals surface area (Å²) in [6.45, 7) is 0.478. The molecule has 0 saturated heterocycles. The Morgan fingerprint density at radius 2 is 2.12 bits per heavy atom. The molecule has 0 radical (unpaired) electrons. The van der Waals surface area contributed by atoms with Gasteiger partial charge in [-0.2, -0.15) is 0 Å². The molecule has 3 rings (SSSR count). The van der Waals surface area contributed by atoms with Crippen LogP contribution in [0.4, 0.5) is 0 Å². The van der Waals surface area contributed by atoms with Crippen LogP contribution >= 0.6 is 0 Å². The molecule has 0 bridgehead atoms. The van der Waals surface area contributed by atoms with Gasteiger partial charge in [0.25, 0.3) is 5.91 Å². The number of primary amides is 1. The van der Waals surface area contributed by atoms with E-state index in [1.54, 1.807) is 0 Å². The number of hydrogen-bond donors (Lipinski definition) is 2. The van der Waals surface area contributed by atoms with Gasteiger partial charge in [-0.3, -0.25) is 9.79 Å². The second-order valence-electron chi connectivity index (χ2n) is 3.98. The Hall–Kier alpha value is -2.36. The zero-order valence-corrected chi connectivity index (χ0v) is 9.10. The maximum absolute atomic E-state index is 11.3. The number of aliphatic imine (C=N–C) groups is 1. The number of nitrogens with zero attached hydrogens (tertiary/aromatic N) is 1.